The Hall–Kier alpha value is -0.690. The zero-order chi connectivity index (χ0) is 30.6. The van der Waals surface area contributed by atoms with Crippen LogP contribution in [0.15, 0.2) is 0 Å². The molecule has 0 heterocycles. The monoisotopic (exact) mass is 601 g/mol. The van der Waals surface area contributed by atoms with Crippen molar-refractivity contribution in [1.82, 2.24) is 0 Å². The molecule has 252 valence electrons. The van der Waals surface area contributed by atoms with Crippen molar-refractivity contribution in [2.75, 3.05) is 59.5 Å². The number of esters is 1. The molecule has 6 heteroatoms. The van der Waals surface area contributed by atoms with Gasteiger partial charge >= 0.3 is 5.97 Å². The van der Waals surface area contributed by atoms with E-state index >= 15 is 0 Å². The van der Waals surface area contributed by atoms with Crippen LogP contribution in [0.1, 0.15) is 162 Å². The summed E-state index contributed by atoms with van der Waals surface area (Å²) in [5, 5.41) is 0. The molecule has 6 nitrogen and oxygen atoms in total. The summed E-state index contributed by atoms with van der Waals surface area (Å²) in [4.78, 5) is 12.2. The third-order valence-corrected chi connectivity index (χ3v) is 7.84. The molecule has 0 spiro atoms. The Bertz CT molecular complexity index is 515. The summed E-state index contributed by atoms with van der Waals surface area (Å²) in [6.07, 6.45) is 27.1. The Kier molecular flexibility index (Phi) is 35.9. The molecule has 0 N–H and O–H groups in total. The molecule has 0 saturated heterocycles. The quantitative estimate of drug-likeness (QED) is 0.0527. The van der Waals surface area contributed by atoms with Crippen LogP contribution in [-0.2, 0) is 28.5 Å². The molecular formula is C36H72O6. The lowest BCUT2D eigenvalue weighted by molar-refractivity contribution is -0.145. The largest absolute Gasteiger partial charge is 0.465 e. The molecule has 0 aliphatic heterocycles. The molecule has 0 aromatic carbocycles. The number of carbonyl (C=O) groups is 1. The molecule has 0 aliphatic rings. The number of hydrogen-bond donors (Lipinski definition) is 0. The van der Waals surface area contributed by atoms with Crippen LogP contribution in [0, 0.1) is 5.92 Å². The van der Waals surface area contributed by atoms with Crippen LogP contribution in [0.5, 0.6) is 0 Å². The number of rotatable bonds is 36. The third kappa shape index (κ3) is 33.8. The van der Waals surface area contributed by atoms with Gasteiger partial charge in [0, 0.05) is 19.6 Å². The summed E-state index contributed by atoms with van der Waals surface area (Å²) in [6, 6.07) is 0. The molecule has 1 atom stereocenters. The SMILES string of the molecule is CCCCCCCCCCOCCOCCOCCOCCCC(=O)OCC(CCCCCC)CCCCCCCC. The van der Waals surface area contributed by atoms with Gasteiger partial charge in [0.15, 0.2) is 0 Å². The first kappa shape index (κ1) is 41.3. The van der Waals surface area contributed by atoms with E-state index < -0.39 is 0 Å². The van der Waals surface area contributed by atoms with E-state index in [9.17, 15) is 4.79 Å². The summed E-state index contributed by atoms with van der Waals surface area (Å²) < 4.78 is 28.0. The maximum atomic E-state index is 12.2. The van der Waals surface area contributed by atoms with Gasteiger partial charge in [0.2, 0.25) is 0 Å². The van der Waals surface area contributed by atoms with Crippen LogP contribution in [-0.4, -0.2) is 65.4 Å². The van der Waals surface area contributed by atoms with Crippen molar-refractivity contribution in [3.8, 4) is 0 Å². The molecule has 0 amide bonds. The topological polar surface area (TPSA) is 63.2 Å². The van der Waals surface area contributed by atoms with Gasteiger partial charge in [-0.05, 0) is 31.6 Å². The van der Waals surface area contributed by atoms with E-state index in [0.29, 0.717) is 71.6 Å². The summed E-state index contributed by atoms with van der Waals surface area (Å²) in [5.74, 6) is 0.428. The van der Waals surface area contributed by atoms with E-state index in [4.69, 9.17) is 23.7 Å². The van der Waals surface area contributed by atoms with Crippen molar-refractivity contribution in [2.45, 2.75) is 162 Å². The van der Waals surface area contributed by atoms with Gasteiger partial charge in [0.1, 0.15) is 0 Å². The molecular weight excluding hydrogens is 528 g/mol. The summed E-state index contributed by atoms with van der Waals surface area (Å²) >= 11 is 0. The van der Waals surface area contributed by atoms with Crippen LogP contribution in [0.25, 0.3) is 0 Å². The molecule has 1 unspecified atom stereocenters. The third-order valence-electron chi connectivity index (χ3n) is 7.84. The number of ether oxygens (including phenoxy) is 5. The predicted octanol–water partition coefficient (Wildman–Crippen LogP) is 9.85. The van der Waals surface area contributed by atoms with Crippen LogP contribution in [0.4, 0.5) is 0 Å². The maximum absolute atomic E-state index is 12.2. The number of unbranched alkanes of at least 4 members (excludes halogenated alkanes) is 15. The normalized spacial score (nSPS) is 12.2. The molecule has 0 aromatic heterocycles. The van der Waals surface area contributed by atoms with Crippen molar-refractivity contribution < 1.29 is 28.5 Å². The van der Waals surface area contributed by atoms with E-state index in [-0.39, 0.29) is 5.97 Å². The van der Waals surface area contributed by atoms with Crippen LogP contribution in [0.2, 0.25) is 0 Å². The van der Waals surface area contributed by atoms with E-state index in [1.54, 1.807) is 0 Å². The Morgan fingerprint density at radius 2 is 0.786 bits per heavy atom. The summed E-state index contributed by atoms with van der Waals surface area (Å²) in [6.45, 7) is 12.2. The molecule has 0 saturated carbocycles. The Morgan fingerprint density at radius 3 is 1.26 bits per heavy atom. The zero-order valence-corrected chi connectivity index (χ0v) is 28.4. The molecule has 0 aliphatic carbocycles. The molecule has 0 radical (unpaired) electrons. The fraction of sp³-hybridized carbons (Fsp3) is 0.972. The minimum atomic E-state index is -0.0877. The summed E-state index contributed by atoms with van der Waals surface area (Å²) in [5.41, 5.74) is 0. The molecule has 42 heavy (non-hydrogen) atoms. The van der Waals surface area contributed by atoms with Crippen molar-refractivity contribution >= 4 is 5.97 Å². The Balaban J connectivity index is 3.53. The Morgan fingerprint density at radius 1 is 0.429 bits per heavy atom. The highest BCUT2D eigenvalue weighted by Crippen LogP contribution is 2.19. The highest BCUT2D eigenvalue weighted by Gasteiger charge is 2.12. The smallest absolute Gasteiger partial charge is 0.305 e. The number of hydrogen-bond acceptors (Lipinski definition) is 6. The predicted molar refractivity (Wildman–Crippen MR) is 176 cm³/mol. The second kappa shape index (κ2) is 36.5. The van der Waals surface area contributed by atoms with Gasteiger partial charge in [-0.3, -0.25) is 4.79 Å². The first-order valence-electron chi connectivity index (χ1n) is 18.2. The van der Waals surface area contributed by atoms with E-state index in [0.717, 1.165) is 13.0 Å². The van der Waals surface area contributed by atoms with Crippen molar-refractivity contribution in [3.63, 3.8) is 0 Å². The van der Waals surface area contributed by atoms with Crippen LogP contribution < -0.4 is 0 Å². The highest BCUT2D eigenvalue weighted by molar-refractivity contribution is 5.69. The fourth-order valence-electron chi connectivity index (χ4n) is 5.09. The van der Waals surface area contributed by atoms with Crippen LogP contribution >= 0.6 is 0 Å². The average Bonchev–Trinajstić information content (AvgIpc) is 3.00. The van der Waals surface area contributed by atoms with Crippen molar-refractivity contribution in [2.24, 2.45) is 5.92 Å². The molecule has 0 bridgehead atoms. The van der Waals surface area contributed by atoms with E-state index in [1.165, 1.54) is 122 Å². The maximum Gasteiger partial charge on any atom is 0.305 e. The Labute approximate surface area is 261 Å². The summed E-state index contributed by atoms with van der Waals surface area (Å²) in [7, 11) is 0. The zero-order valence-electron chi connectivity index (χ0n) is 28.4. The van der Waals surface area contributed by atoms with E-state index in [1.807, 2.05) is 0 Å². The lowest BCUT2D eigenvalue weighted by Gasteiger charge is -2.17. The second-order valence-corrected chi connectivity index (χ2v) is 12.0. The molecule has 0 rings (SSSR count). The van der Waals surface area contributed by atoms with Gasteiger partial charge in [0.25, 0.3) is 0 Å². The lowest BCUT2D eigenvalue weighted by Crippen LogP contribution is -2.15. The minimum absolute atomic E-state index is 0.0877. The van der Waals surface area contributed by atoms with Crippen LogP contribution in [0.3, 0.4) is 0 Å². The highest BCUT2D eigenvalue weighted by atomic mass is 16.6. The van der Waals surface area contributed by atoms with E-state index in [2.05, 4.69) is 20.8 Å². The second-order valence-electron chi connectivity index (χ2n) is 12.0. The standard InChI is InChI=1S/C36H72O6/c1-4-7-10-13-15-16-18-21-26-38-28-30-40-32-33-41-31-29-39-27-22-25-36(37)42-34-35(23-19-12-9-6-3)24-20-17-14-11-8-5-2/h35H,4-34H2,1-3H3. The fourth-order valence-corrected chi connectivity index (χ4v) is 5.09. The van der Waals surface area contributed by atoms with Gasteiger partial charge in [-0.1, -0.05) is 130 Å². The first-order chi connectivity index (χ1) is 20.7. The van der Waals surface area contributed by atoms with Crippen molar-refractivity contribution in [3.05, 3.63) is 0 Å². The lowest BCUT2D eigenvalue weighted by atomic mass is 9.95. The molecule has 0 fully saturated rings. The van der Waals surface area contributed by atoms with Gasteiger partial charge < -0.3 is 23.7 Å². The van der Waals surface area contributed by atoms with Gasteiger partial charge in [-0.25, -0.2) is 0 Å². The number of carbonyl (C=O) groups excluding carboxylic acids is 1. The van der Waals surface area contributed by atoms with Crippen molar-refractivity contribution in [1.29, 1.82) is 0 Å². The average molecular weight is 601 g/mol. The van der Waals surface area contributed by atoms with Gasteiger partial charge in [0.05, 0.1) is 46.2 Å². The van der Waals surface area contributed by atoms with Gasteiger partial charge in [-0.15, -0.1) is 0 Å². The minimum Gasteiger partial charge on any atom is -0.465 e. The first-order valence-corrected chi connectivity index (χ1v) is 18.2. The van der Waals surface area contributed by atoms with Gasteiger partial charge in [-0.2, -0.15) is 0 Å². The molecule has 0 aromatic rings.